The van der Waals surface area contributed by atoms with Crippen LogP contribution in [-0.4, -0.2) is 34.7 Å². The first-order chi connectivity index (χ1) is 12.5. The number of hydrogen-bond donors (Lipinski definition) is 1. The molecule has 2 amide bonds. The lowest BCUT2D eigenvalue weighted by Gasteiger charge is -2.17. The van der Waals surface area contributed by atoms with Gasteiger partial charge in [-0.15, -0.1) is 0 Å². The van der Waals surface area contributed by atoms with Crippen LogP contribution in [0.1, 0.15) is 5.82 Å². The van der Waals surface area contributed by atoms with Crippen LogP contribution in [0.2, 0.25) is 10.0 Å². The van der Waals surface area contributed by atoms with Gasteiger partial charge in [0.05, 0.1) is 21.3 Å². The Morgan fingerprint density at radius 2 is 1.81 bits per heavy atom. The average molecular weight is 391 g/mol. The molecule has 0 saturated carbocycles. The topological polar surface area (TPSA) is 71.3 Å². The molecule has 1 heterocycles. The summed E-state index contributed by atoms with van der Waals surface area (Å²) in [7, 11) is 1.68. The molecule has 2 aromatic carbocycles. The number of halogens is 2. The van der Waals surface area contributed by atoms with Crippen molar-refractivity contribution < 1.29 is 9.32 Å². The van der Waals surface area contributed by atoms with Crippen LogP contribution < -0.4 is 5.32 Å². The maximum absolute atomic E-state index is 12.2. The summed E-state index contributed by atoms with van der Waals surface area (Å²) >= 11 is 12.2. The van der Waals surface area contributed by atoms with E-state index < -0.39 is 0 Å². The number of aromatic nitrogens is 2. The summed E-state index contributed by atoms with van der Waals surface area (Å²) in [6, 6.07) is 14.0. The molecule has 134 valence electrons. The second-order valence-corrected chi connectivity index (χ2v) is 6.39. The standard InChI is InChI=1S/C18H16Cl2N4O2/c1-24(18(25)21-15-9-5-4-8-14(15)20)11-10-16-22-17(26-23-16)12-6-2-3-7-13(12)19/h2-9H,10-11H2,1H3,(H,21,25). The highest BCUT2D eigenvalue weighted by atomic mass is 35.5. The molecule has 0 atom stereocenters. The molecule has 0 spiro atoms. The maximum Gasteiger partial charge on any atom is 0.321 e. The van der Waals surface area contributed by atoms with E-state index in [0.29, 0.717) is 46.0 Å². The molecular formula is C18H16Cl2N4O2. The Kier molecular flexibility index (Phi) is 5.75. The highest BCUT2D eigenvalue weighted by Crippen LogP contribution is 2.26. The molecule has 1 aromatic heterocycles. The number of likely N-dealkylation sites (N-methyl/N-ethyl adjacent to an activating group) is 1. The van der Waals surface area contributed by atoms with Gasteiger partial charge >= 0.3 is 6.03 Å². The van der Waals surface area contributed by atoms with Crippen LogP contribution >= 0.6 is 23.2 Å². The van der Waals surface area contributed by atoms with Crippen LogP contribution in [0.4, 0.5) is 10.5 Å². The Morgan fingerprint density at radius 3 is 2.54 bits per heavy atom. The Bertz CT molecular complexity index is 913. The van der Waals surface area contributed by atoms with E-state index in [4.69, 9.17) is 27.7 Å². The molecule has 3 rings (SSSR count). The van der Waals surface area contributed by atoms with Crippen molar-refractivity contribution >= 4 is 34.9 Å². The third-order valence-electron chi connectivity index (χ3n) is 3.71. The Morgan fingerprint density at radius 1 is 1.12 bits per heavy atom. The third-order valence-corrected chi connectivity index (χ3v) is 4.36. The van der Waals surface area contributed by atoms with Gasteiger partial charge in [-0.3, -0.25) is 0 Å². The first-order valence-corrected chi connectivity index (χ1v) is 8.64. The number of benzene rings is 2. The van der Waals surface area contributed by atoms with E-state index in [1.807, 2.05) is 18.2 Å². The summed E-state index contributed by atoms with van der Waals surface area (Å²) < 4.78 is 5.25. The van der Waals surface area contributed by atoms with Gasteiger partial charge in [-0.2, -0.15) is 4.98 Å². The lowest BCUT2D eigenvalue weighted by Crippen LogP contribution is -2.33. The van der Waals surface area contributed by atoms with Crippen molar-refractivity contribution in [3.63, 3.8) is 0 Å². The van der Waals surface area contributed by atoms with Gasteiger partial charge in [-0.25, -0.2) is 4.79 Å². The number of carbonyl (C=O) groups is 1. The molecule has 0 aliphatic carbocycles. The average Bonchev–Trinajstić information content (AvgIpc) is 3.10. The van der Waals surface area contributed by atoms with E-state index >= 15 is 0 Å². The lowest BCUT2D eigenvalue weighted by atomic mass is 10.2. The minimum Gasteiger partial charge on any atom is -0.334 e. The Balaban J connectivity index is 1.58. The summed E-state index contributed by atoms with van der Waals surface area (Å²) in [4.78, 5) is 18.1. The van der Waals surface area contributed by atoms with Crippen LogP contribution in [0.25, 0.3) is 11.5 Å². The van der Waals surface area contributed by atoms with Crippen molar-refractivity contribution in [3.8, 4) is 11.5 Å². The van der Waals surface area contributed by atoms with Gasteiger partial charge in [0.1, 0.15) is 0 Å². The number of amides is 2. The van der Waals surface area contributed by atoms with Crippen molar-refractivity contribution in [1.29, 1.82) is 0 Å². The van der Waals surface area contributed by atoms with Gasteiger partial charge in [-0.05, 0) is 24.3 Å². The fourth-order valence-electron chi connectivity index (χ4n) is 2.24. The van der Waals surface area contributed by atoms with Gasteiger partial charge in [0.2, 0.25) is 0 Å². The van der Waals surface area contributed by atoms with Crippen LogP contribution in [0, 0.1) is 0 Å². The van der Waals surface area contributed by atoms with Gasteiger partial charge in [-0.1, -0.05) is 52.6 Å². The van der Waals surface area contributed by atoms with Gasteiger partial charge in [0.15, 0.2) is 5.82 Å². The Hall–Kier alpha value is -2.57. The quantitative estimate of drug-likeness (QED) is 0.682. The number of nitrogens with zero attached hydrogens (tertiary/aromatic N) is 3. The normalized spacial score (nSPS) is 10.6. The van der Waals surface area contributed by atoms with E-state index in [9.17, 15) is 4.79 Å². The van der Waals surface area contributed by atoms with Gasteiger partial charge in [0, 0.05) is 20.0 Å². The largest absolute Gasteiger partial charge is 0.334 e. The first kappa shape index (κ1) is 18.2. The third kappa shape index (κ3) is 4.33. The minimum atomic E-state index is -0.270. The minimum absolute atomic E-state index is 0.270. The molecule has 8 heteroatoms. The van der Waals surface area contributed by atoms with E-state index in [0.717, 1.165) is 0 Å². The molecule has 1 N–H and O–H groups in total. The Labute approximate surface area is 160 Å². The fourth-order valence-corrected chi connectivity index (χ4v) is 2.64. The van der Waals surface area contributed by atoms with Gasteiger partial charge in [0.25, 0.3) is 5.89 Å². The number of hydrogen-bond acceptors (Lipinski definition) is 4. The molecule has 26 heavy (non-hydrogen) atoms. The van der Waals surface area contributed by atoms with Crippen molar-refractivity contribution in [2.24, 2.45) is 0 Å². The maximum atomic E-state index is 12.2. The monoisotopic (exact) mass is 390 g/mol. The zero-order chi connectivity index (χ0) is 18.5. The lowest BCUT2D eigenvalue weighted by molar-refractivity contribution is 0.222. The number of urea groups is 1. The van der Waals surface area contributed by atoms with Crippen molar-refractivity contribution in [2.75, 3.05) is 18.9 Å². The van der Waals surface area contributed by atoms with Crippen LogP contribution in [-0.2, 0) is 6.42 Å². The summed E-state index contributed by atoms with van der Waals surface area (Å²) in [6.45, 7) is 0.414. The number of carbonyl (C=O) groups excluding carboxylic acids is 1. The number of rotatable bonds is 5. The van der Waals surface area contributed by atoms with E-state index in [1.165, 1.54) is 4.90 Å². The van der Waals surface area contributed by atoms with Crippen molar-refractivity contribution in [3.05, 3.63) is 64.4 Å². The van der Waals surface area contributed by atoms with Gasteiger partial charge < -0.3 is 14.7 Å². The zero-order valence-corrected chi connectivity index (χ0v) is 15.5. The smallest absolute Gasteiger partial charge is 0.321 e. The van der Waals surface area contributed by atoms with Crippen molar-refractivity contribution in [2.45, 2.75) is 6.42 Å². The number of anilines is 1. The molecule has 0 saturated heterocycles. The molecule has 0 fully saturated rings. The molecule has 6 nitrogen and oxygen atoms in total. The van der Waals surface area contributed by atoms with E-state index in [-0.39, 0.29) is 6.03 Å². The predicted octanol–water partition coefficient (Wildman–Crippen LogP) is 4.75. The molecule has 0 aliphatic heterocycles. The zero-order valence-electron chi connectivity index (χ0n) is 13.9. The molecular weight excluding hydrogens is 375 g/mol. The highest BCUT2D eigenvalue weighted by Gasteiger charge is 2.14. The van der Waals surface area contributed by atoms with Crippen LogP contribution in [0.15, 0.2) is 53.1 Å². The summed E-state index contributed by atoms with van der Waals surface area (Å²) in [6.07, 6.45) is 0.445. The molecule has 3 aromatic rings. The molecule has 0 aliphatic rings. The van der Waals surface area contributed by atoms with Crippen molar-refractivity contribution in [1.82, 2.24) is 15.0 Å². The van der Waals surface area contributed by atoms with Crippen LogP contribution in [0.3, 0.4) is 0 Å². The highest BCUT2D eigenvalue weighted by molar-refractivity contribution is 6.33. The molecule has 0 radical (unpaired) electrons. The first-order valence-electron chi connectivity index (χ1n) is 7.88. The fraction of sp³-hybridized carbons (Fsp3) is 0.167. The summed E-state index contributed by atoms with van der Waals surface area (Å²) in [5, 5.41) is 7.72. The molecule has 0 unspecified atom stereocenters. The second kappa shape index (κ2) is 8.21. The molecule has 0 bridgehead atoms. The number of nitrogens with one attached hydrogen (secondary N) is 1. The van der Waals surface area contributed by atoms with Crippen LogP contribution in [0.5, 0.6) is 0 Å². The summed E-state index contributed by atoms with van der Waals surface area (Å²) in [5.41, 5.74) is 1.24. The predicted molar refractivity (Wildman–Crippen MR) is 102 cm³/mol. The van der Waals surface area contributed by atoms with E-state index in [1.54, 1.807) is 37.4 Å². The number of para-hydroxylation sites is 1. The second-order valence-electron chi connectivity index (χ2n) is 5.58. The SMILES string of the molecule is CN(CCc1noc(-c2ccccc2Cl)n1)C(=O)Nc1ccccc1Cl. The van der Waals surface area contributed by atoms with E-state index in [2.05, 4.69) is 15.5 Å². The summed E-state index contributed by atoms with van der Waals surface area (Å²) in [5.74, 6) is 0.853.